The molecule has 1 aliphatic rings. The number of hydrogen-bond acceptors (Lipinski definition) is 8. The van der Waals surface area contributed by atoms with E-state index in [0.717, 1.165) is 5.69 Å². The van der Waals surface area contributed by atoms with E-state index in [1.807, 2.05) is 6.07 Å². The molecule has 1 aliphatic heterocycles. The summed E-state index contributed by atoms with van der Waals surface area (Å²) in [6, 6.07) is 9.38. The van der Waals surface area contributed by atoms with Gasteiger partial charge in [0.25, 0.3) is 11.6 Å². The Morgan fingerprint density at radius 1 is 1.18 bits per heavy atom. The zero-order valence-electron chi connectivity index (χ0n) is 14.0. The van der Waals surface area contributed by atoms with Gasteiger partial charge < -0.3 is 20.1 Å². The van der Waals surface area contributed by atoms with Crippen molar-refractivity contribution in [3.63, 3.8) is 0 Å². The first-order chi connectivity index (χ1) is 13.5. The number of benzene rings is 2. The van der Waals surface area contributed by atoms with Crippen molar-refractivity contribution in [2.24, 2.45) is 0 Å². The number of hydrogen-bond donors (Lipinski definition) is 2. The second-order valence-electron chi connectivity index (χ2n) is 5.61. The van der Waals surface area contributed by atoms with E-state index in [9.17, 15) is 14.9 Å². The molecular formula is C17H11ClN4O5S. The molecule has 2 aromatic carbocycles. The van der Waals surface area contributed by atoms with Gasteiger partial charge in [0.05, 0.1) is 4.92 Å². The first-order valence-electron chi connectivity index (χ1n) is 7.87. The van der Waals surface area contributed by atoms with Gasteiger partial charge in [0.2, 0.25) is 6.79 Å². The normalized spacial score (nSPS) is 11.9. The Morgan fingerprint density at radius 3 is 2.79 bits per heavy atom. The smallest absolute Gasteiger partial charge is 0.289 e. The van der Waals surface area contributed by atoms with E-state index < -0.39 is 10.8 Å². The maximum atomic E-state index is 12.4. The van der Waals surface area contributed by atoms with Crippen LogP contribution >= 0.6 is 22.9 Å². The maximum Gasteiger partial charge on any atom is 0.289 e. The number of nitro benzene ring substituents is 1. The predicted octanol–water partition coefficient (Wildman–Crippen LogP) is 4.43. The molecule has 11 heteroatoms. The lowest BCUT2D eigenvalue weighted by atomic mass is 10.2. The Morgan fingerprint density at radius 2 is 1.96 bits per heavy atom. The van der Waals surface area contributed by atoms with E-state index in [4.69, 9.17) is 21.1 Å². The first kappa shape index (κ1) is 18.0. The number of halogens is 1. The lowest BCUT2D eigenvalue weighted by molar-refractivity contribution is -0.384. The van der Waals surface area contributed by atoms with Crippen molar-refractivity contribution in [3.05, 3.63) is 62.6 Å². The number of anilines is 3. The molecule has 1 amide bonds. The van der Waals surface area contributed by atoms with E-state index in [1.54, 1.807) is 17.5 Å². The number of nitro groups is 1. The third-order valence-corrected chi connectivity index (χ3v) is 4.84. The summed E-state index contributed by atoms with van der Waals surface area (Å²) in [7, 11) is 0. The van der Waals surface area contributed by atoms with E-state index in [0.29, 0.717) is 16.6 Å². The van der Waals surface area contributed by atoms with Gasteiger partial charge in [-0.2, -0.15) is 0 Å². The molecule has 4 rings (SSSR count). The van der Waals surface area contributed by atoms with E-state index in [1.165, 1.54) is 29.5 Å². The summed E-state index contributed by atoms with van der Waals surface area (Å²) in [4.78, 5) is 26.9. The highest BCUT2D eigenvalue weighted by Gasteiger charge is 2.17. The van der Waals surface area contributed by atoms with Gasteiger partial charge in [-0.3, -0.25) is 14.9 Å². The number of amides is 1. The second-order valence-corrected chi connectivity index (χ2v) is 6.87. The lowest BCUT2D eigenvalue weighted by Gasteiger charge is -2.05. The number of ether oxygens (including phenoxy) is 2. The Bertz CT molecular complexity index is 1090. The maximum absolute atomic E-state index is 12.4. The van der Waals surface area contributed by atoms with Crippen molar-refractivity contribution in [3.8, 4) is 11.5 Å². The van der Waals surface area contributed by atoms with Crippen LogP contribution in [0.1, 0.15) is 10.5 Å². The predicted molar refractivity (Wildman–Crippen MR) is 104 cm³/mol. The number of fused-ring (bicyclic) bond motifs is 1. The largest absolute Gasteiger partial charge is 0.454 e. The number of carbonyl (C=O) groups excluding carboxylic acids is 1. The average Bonchev–Trinajstić information content (AvgIpc) is 3.32. The molecule has 0 radical (unpaired) electrons. The van der Waals surface area contributed by atoms with Gasteiger partial charge in [-0.15, -0.1) is 11.3 Å². The summed E-state index contributed by atoms with van der Waals surface area (Å²) < 4.78 is 10.6. The van der Waals surface area contributed by atoms with Crippen LogP contribution in [0.5, 0.6) is 11.5 Å². The Kier molecular flexibility index (Phi) is 4.72. The minimum absolute atomic E-state index is 0.00753. The number of nitrogens with one attached hydrogen (secondary N) is 2. The summed E-state index contributed by atoms with van der Waals surface area (Å²) in [5, 5.41) is 18.7. The van der Waals surface area contributed by atoms with E-state index >= 15 is 0 Å². The van der Waals surface area contributed by atoms with E-state index in [2.05, 4.69) is 15.6 Å². The van der Waals surface area contributed by atoms with Gasteiger partial charge in [0.15, 0.2) is 16.6 Å². The second kappa shape index (κ2) is 7.33. The van der Waals surface area contributed by atoms with Crippen molar-refractivity contribution in [1.82, 2.24) is 4.98 Å². The molecule has 28 heavy (non-hydrogen) atoms. The summed E-state index contributed by atoms with van der Waals surface area (Å²) in [6.07, 6.45) is 0. The van der Waals surface area contributed by atoms with Crippen LogP contribution < -0.4 is 20.1 Å². The van der Waals surface area contributed by atoms with Crippen LogP contribution in [0.25, 0.3) is 0 Å². The molecule has 0 atom stereocenters. The van der Waals surface area contributed by atoms with Crippen LogP contribution in [0.4, 0.5) is 22.2 Å². The molecule has 142 valence electrons. The third kappa shape index (κ3) is 3.68. The summed E-state index contributed by atoms with van der Waals surface area (Å²) in [5.41, 5.74) is 0.868. The number of nitrogens with zero attached hydrogens (tertiary/aromatic N) is 2. The summed E-state index contributed by atoms with van der Waals surface area (Å²) in [6.45, 7) is 0.184. The Labute approximate surface area is 167 Å². The van der Waals surface area contributed by atoms with Crippen molar-refractivity contribution in [1.29, 1.82) is 0 Å². The van der Waals surface area contributed by atoms with Crippen LogP contribution in [0.2, 0.25) is 5.02 Å². The molecule has 0 unspecified atom stereocenters. The number of rotatable bonds is 5. The minimum Gasteiger partial charge on any atom is -0.454 e. The fourth-order valence-corrected chi connectivity index (χ4v) is 3.36. The molecule has 0 saturated heterocycles. The first-order valence-corrected chi connectivity index (χ1v) is 9.13. The molecule has 0 bridgehead atoms. The van der Waals surface area contributed by atoms with E-state index in [-0.39, 0.29) is 28.9 Å². The van der Waals surface area contributed by atoms with Crippen molar-refractivity contribution < 1.29 is 19.2 Å². The van der Waals surface area contributed by atoms with Crippen LogP contribution in [0.15, 0.2) is 41.8 Å². The zero-order chi connectivity index (χ0) is 19.7. The number of aromatic nitrogens is 1. The van der Waals surface area contributed by atoms with Crippen LogP contribution in [0, 0.1) is 10.1 Å². The fourth-order valence-electron chi connectivity index (χ4n) is 2.46. The standard InChI is InChI=1S/C17H11ClN4O5S/c18-11-3-1-9(5-13(11)22(24)25)19-16(23)12-7-28-17(21-12)20-10-2-4-14-15(6-10)27-8-26-14/h1-7H,8H2,(H,19,23)(H,20,21). The monoisotopic (exact) mass is 418 g/mol. The molecule has 1 aromatic heterocycles. The quantitative estimate of drug-likeness (QED) is 0.465. The molecule has 0 saturated carbocycles. The SMILES string of the molecule is O=C(Nc1ccc(Cl)c([N+](=O)[O-])c1)c1csc(Nc2ccc3c(c2)OCO3)n1. The molecule has 2 N–H and O–H groups in total. The molecular weight excluding hydrogens is 408 g/mol. The summed E-state index contributed by atoms with van der Waals surface area (Å²) in [5.74, 6) is 0.803. The molecule has 0 spiro atoms. The molecule has 2 heterocycles. The number of carbonyl (C=O) groups is 1. The van der Waals surface area contributed by atoms with Gasteiger partial charge >= 0.3 is 0 Å². The zero-order valence-corrected chi connectivity index (χ0v) is 15.5. The highest BCUT2D eigenvalue weighted by molar-refractivity contribution is 7.14. The molecule has 3 aromatic rings. The minimum atomic E-state index is -0.617. The van der Waals surface area contributed by atoms with Gasteiger partial charge in [-0.1, -0.05) is 11.6 Å². The van der Waals surface area contributed by atoms with Crippen LogP contribution in [-0.4, -0.2) is 22.6 Å². The Hall–Kier alpha value is -3.37. The highest BCUT2D eigenvalue weighted by atomic mass is 35.5. The topological polar surface area (TPSA) is 116 Å². The van der Waals surface area contributed by atoms with Crippen LogP contribution in [0.3, 0.4) is 0 Å². The van der Waals surface area contributed by atoms with Crippen molar-refractivity contribution >= 4 is 51.0 Å². The fraction of sp³-hybridized carbons (Fsp3) is 0.0588. The van der Waals surface area contributed by atoms with Crippen molar-refractivity contribution in [2.45, 2.75) is 0 Å². The van der Waals surface area contributed by atoms with Gasteiger partial charge in [-0.25, -0.2) is 4.98 Å². The average molecular weight is 419 g/mol. The van der Waals surface area contributed by atoms with Crippen molar-refractivity contribution in [2.75, 3.05) is 17.4 Å². The Balaban J connectivity index is 1.46. The third-order valence-electron chi connectivity index (χ3n) is 3.76. The molecule has 9 nitrogen and oxygen atoms in total. The number of thiazole rings is 1. The van der Waals surface area contributed by atoms with Gasteiger partial charge in [0, 0.05) is 28.9 Å². The molecule has 0 aliphatic carbocycles. The van der Waals surface area contributed by atoms with Crippen LogP contribution in [-0.2, 0) is 0 Å². The van der Waals surface area contributed by atoms with Gasteiger partial charge in [-0.05, 0) is 24.3 Å². The molecule has 0 fully saturated rings. The van der Waals surface area contributed by atoms with Gasteiger partial charge in [0.1, 0.15) is 10.7 Å². The highest BCUT2D eigenvalue weighted by Crippen LogP contribution is 2.35. The lowest BCUT2D eigenvalue weighted by Crippen LogP contribution is -2.12. The summed E-state index contributed by atoms with van der Waals surface area (Å²) >= 11 is 7.01.